The van der Waals surface area contributed by atoms with Crippen molar-refractivity contribution in [3.05, 3.63) is 121 Å². The zero-order valence-electron chi connectivity index (χ0n) is 17.2. The molecule has 0 fully saturated rings. The number of benzene rings is 4. The van der Waals surface area contributed by atoms with Crippen molar-refractivity contribution in [3.63, 3.8) is 0 Å². The molecule has 0 atom stereocenters. The minimum Gasteiger partial charge on any atom is -0.427 e. The summed E-state index contributed by atoms with van der Waals surface area (Å²) in [5.74, 6) is 0.317. The average Bonchev–Trinajstić information content (AvgIpc) is 2.78. The van der Waals surface area contributed by atoms with E-state index in [1.54, 1.807) is 12.1 Å². The van der Waals surface area contributed by atoms with E-state index in [0.717, 1.165) is 5.56 Å². The van der Waals surface area contributed by atoms with Gasteiger partial charge in [0.25, 0.3) is 0 Å². The van der Waals surface area contributed by atoms with Gasteiger partial charge in [0.1, 0.15) is 5.75 Å². The molecular weight excluding hydrogens is 388 g/mol. The first kappa shape index (κ1) is 21.4. The van der Waals surface area contributed by atoms with Crippen molar-refractivity contribution in [3.8, 4) is 5.75 Å². The average molecular weight is 414 g/mol. The number of esters is 1. The topological polar surface area (TPSA) is 26.3 Å². The Bertz CT molecular complexity index is 937. The lowest BCUT2D eigenvalue weighted by Gasteiger charge is -2.07. The number of carbonyl (C=O) groups is 1. The van der Waals surface area contributed by atoms with Crippen LogP contribution >= 0.6 is 0 Å². The second-order valence-electron chi connectivity index (χ2n) is 6.65. The van der Waals surface area contributed by atoms with E-state index < -0.39 is 0 Å². The summed E-state index contributed by atoms with van der Waals surface area (Å²) in [5.41, 5.74) is 1.15. The van der Waals surface area contributed by atoms with Crippen LogP contribution < -0.4 is 4.74 Å². The van der Waals surface area contributed by atoms with E-state index in [2.05, 4.69) is 91.0 Å². The third-order valence-corrected chi connectivity index (χ3v) is 6.45. The van der Waals surface area contributed by atoms with Crippen molar-refractivity contribution < 1.29 is 9.53 Å². The molecule has 0 spiro atoms. The van der Waals surface area contributed by atoms with Gasteiger partial charge in [0, 0.05) is 6.92 Å². The Balaban J connectivity index is 0.000000199. The maximum absolute atomic E-state index is 10.5. The third-order valence-electron chi connectivity index (χ3n) is 4.22. The van der Waals surface area contributed by atoms with Gasteiger partial charge in [0.15, 0.2) is 14.7 Å². The molecule has 0 radical (unpaired) electrons. The molecule has 150 valence electrons. The minimum atomic E-state index is -0.283. The largest absolute Gasteiger partial charge is 0.427 e. The Morgan fingerprint density at radius 1 is 0.600 bits per heavy atom. The predicted molar refractivity (Wildman–Crippen MR) is 124 cm³/mol. The van der Waals surface area contributed by atoms with E-state index in [0.29, 0.717) is 5.75 Å². The van der Waals surface area contributed by atoms with E-state index in [4.69, 9.17) is 4.74 Å². The lowest BCUT2D eigenvalue weighted by atomic mass is 10.2. The van der Waals surface area contributed by atoms with E-state index in [-0.39, 0.29) is 16.9 Å². The molecule has 0 saturated carbocycles. The Kier molecular flexibility index (Phi) is 7.87. The first-order chi connectivity index (χ1) is 14.6. The summed E-state index contributed by atoms with van der Waals surface area (Å²) in [6.45, 7) is 3.37. The van der Waals surface area contributed by atoms with Crippen molar-refractivity contribution >= 4 is 16.9 Å². The minimum absolute atomic E-state index is 0.0146. The number of ether oxygens (including phenoxy) is 1. The Morgan fingerprint density at radius 2 is 0.967 bits per heavy atom. The van der Waals surface area contributed by atoms with Crippen LogP contribution in [0.4, 0.5) is 0 Å². The van der Waals surface area contributed by atoms with Gasteiger partial charge in [0.05, 0.1) is 10.9 Å². The summed E-state index contributed by atoms with van der Waals surface area (Å²) in [4.78, 5) is 14.6. The summed E-state index contributed by atoms with van der Waals surface area (Å²) in [6, 6.07) is 39.5. The number of rotatable bonds is 4. The molecule has 0 unspecified atom stereocenters. The van der Waals surface area contributed by atoms with E-state index in [1.807, 2.05) is 19.1 Å². The molecule has 0 N–H and O–H groups in total. The number of carbonyl (C=O) groups excluding carboxylic acids is 1. The number of aryl methyl sites for hydroxylation is 1. The fourth-order valence-electron chi connectivity index (χ4n) is 2.85. The number of hydrogen-bond acceptors (Lipinski definition) is 2. The molecule has 0 aromatic heterocycles. The zero-order valence-corrected chi connectivity index (χ0v) is 18.0. The molecule has 2 nitrogen and oxygen atoms in total. The molecule has 0 saturated heterocycles. The van der Waals surface area contributed by atoms with Gasteiger partial charge in [-0.15, -0.1) is 0 Å². The molecule has 0 aliphatic carbocycles. The van der Waals surface area contributed by atoms with E-state index in [1.165, 1.54) is 21.6 Å². The van der Waals surface area contributed by atoms with Crippen molar-refractivity contribution in [2.45, 2.75) is 28.5 Å². The fourth-order valence-corrected chi connectivity index (χ4v) is 4.95. The molecule has 3 heteroatoms. The highest BCUT2D eigenvalue weighted by atomic mass is 32.2. The van der Waals surface area contributed by atoms with Crippen LogP contribution in [0.5, 0.6) is 5.75 Å². The van der Waals surface area contributed by atoms with Gasteiger partial charge in [-0.2, -0.15) is 0 Å². The van der Waals surface area contributed by atoms with Crippen LogP contribution in [-0.2, 0) is 15.7 Å². The van der Waals surface area contributed by atoms with Gasteiger partial charge < -0.3 is 4.74 Å². The predicted octanol–water partition coefficient (Wildman–Crippen LogP) is 6.70. The fraction of sp³-hybridized carbons (Fsp3) is 0.0741. The third kappa shape index (κ3) is 6.36. The molecule has 0 aliphatic heterocycles. The second kappa shape index (κ2) is 11.0. The van der Waals surface area contributed by atoms with Gasteiger partial charge in [-0.1, -0.05) is 72.3 Å². The first-order valence-electron chi connectivity index (χ1n) is 9.78. The highest BCUT2D eigenvalue weighted by Gasteiger charge is 2.27. The highest BCUT2D eigenvalue weighted by molar-refractivity contribution is 7.97. The molecule has 4 rings (SSSR count). The highest BCUT2D eigenvalue weighted by Crippen LogP contribution is 2.30. The van der Waals surface area contributed by atoms with E-state index >= 15 is 0 Å². The molecule has 0 aliphatic rings. The Morgan fingerprint density at radius 3 is 1.30 bits per heavy atom. The van der Waals surface area contributed by atoms with Gasteiger partial charge in [-0.25, -0.2) is 0 Å². The lowest BCUT2D eigenvalue weighted by molar-refractivity contribution is -0.131. The van der Waals surface area contributed by atoms with Gasteiger partial charge in [0.2, 0.25) is 0 Å². The summed E-state index contributed by atoms with van der Waals surface area (Å²) in [5, 5.41) is 0. The quantitative estimate of drug-likeness (QED) is 0.211. The van der Waals surface area contributed by atoms with Gasteiger partial charge in [-0.05, 0) is 55.5 Å². The molecule has 4 aromatic carbocycles. The maximum Gasteiger partial charge on any atom is 0.308 e. The second-order valence-corrected chi connectivity index (χ2v) is 8.68. The monoisotopic (exact) mass is 413 g/mol. The lowest BCUT2D eigenvalue weighted by Crippen LogP contribution is -2.04. The molecule has 0 amide bonds. The van der Waals surface area contributed by atoms with Gasteiger partial charge in [-0.3, -0.25) is 4.79 Å². The Hall–Kier alpha value is -3.30. The van der Waals surface area contributed by atoms with Crippen LogP contribution in [0, 0.1) is 6.92 Å². The number of hydrogen-bond donors (Lipinski definition) is 0. The summed E-state index contributed by atoms with van der Waals surface area (Å²) >= 11 is 0. The standard InChI is InChI=1S/C18H15S.C9H10O2/c1-4-10-16(11-5-1)19(17-12-6-2-7-13-17)18-14-8-3-9-15-18;1-7-3-5-9(6-4-7)11-8(2)10/h1-15H;3-6H,1-2H3/q+1;. The zero-order chi connectivity index (χ0) is 21.2. The molecule has 4 aromatic rings. The SMILES string of the molecule is CC(=O)Oc1ccc(C)cc1.c1ccc([S+](c2ccccc2)c2ccccc2)cc1. The maximum atomic E-state index is 10.5. The van der Waals surface area contributed by atoms with E-state index in [9.17, 15) is 4.79 Å². The molecule has 0 heterocycles. The van der Waals surface area contributed by atoms with Crippen LogP contribution in [-0.4, -0.2) is 5.97 Å². The van der Waals surface area contributed by atoms with Crippen molar-refractivity contribution in [2.75, 3.05) is 0 Å². The summed E-state index contributed by atoms with van der Waals surface area (Å²) in [6.07, 6.45) is 0. The normalized spacial score (nSPS) is 10.1. The summed E-state index contributed by atoms with van der Waals surface area (Å²) in [7, 11) is -0.0146. The molecular formula is C27H25O2S+. The van der Waals surface area contributed by atoms with Crippen molar-refractivity contribution in [2.24, 2.45) is 0 Å². The molecule has 0 bridgehead atoms. The van der Waals surface area contributed by atoms with Crippen LogP contribution in [0.25, 0.3) is 0 Å². The van der Waals surface area contributed by atoms with Gasteiger partial charge >= 0.3 is 5.97 Å². The smallest absolute Gasteiger partial charge is 0.308 e. The van der Waals surface area contributed by atoms with Crippen LogP contribution in [0.3, 0.4) is 0 Å². The van der Waals surface area contributed by atoms with Crippen LogP contribution in [0.15, 0.2) is 130 Å². The summed E-state index contributed by atoms with van der Waals surface area (Å²) < 4.78 is 4.83. The van der Waals surface area contributed by atoms with Crippen LogP contribution in [0.1, 0.15) is 12.5 Å². The van der Waals surface area contributed by atoms with Crippen molar-refractivity contribution in [1.29, 1.82) is 0 Å². The Labute approximate surface area is 181 Å². The van der Waals surface area contributed by atoms with Crippen LogP contribution in [0.2, 0.25) is 0 Å². The first-order valence-corrected chi connectivity index (χ1v) is 11.0. The molecule has 30 heavy (non-hydrogen) atoms. The van der Waals surface area contributed by atoms with Crippen molar-refractivity contribution in [1.82, 2.24) is 0 Å².